The average Bonchev–Trinajstić information content (AvgIpc) is 2.78. The van der Waals surface area contributed by atoms with Gasteiger partial charge in [0.05, 0.1) is 23.6 Å². The first kappa shape index (κ1) is 11.4. The molecule has 18 heavy (non-hydrogen) atoms. The number of halogens is 1. The summed E-state index contributed by atoms with van der Waals surface area (Å²) in [7, 11) is 0. The molecule has 1 aromatic heterocycles. The van der Waals surface area contributed by atoms with Gasteiger partial charge in [-0.1, -0.05) is 12.1 Å². The van der Waals surface area contributed by atoms with Crippen LogP contribution in [0.25, 0.3) is 11.4 Å². The lowest BCUT2D eigenvalue weighted by Gasteiger charge is -2.18. The molecular formula is C13H14FN3O. The van der Waals surface area contributed by atoms with Crippen LogP contribution >= 0.6 is 0 Å². The summed E-state index contributed by atoms with van der Waals surface area (Å²) in [4.78, 5) is 4.37. The highest BCUT2D eigenvalue weighted by Crippen LogP contribution is 2.26. The van der Waals surface area contributed by atoms with Gasteiger partial charge in [0.2, 0.25) is 0 Å². The number of hydrogen-bond donors (Lipinski definition) is 2. The third-order valence-electron chi connectivity index (χ3n) is 3.22. The van der Waals surface area contributed by atoms with Gasteiger partial charge in [0, 0.05) is 19.6 Å². The fourth-order valence-electron chi connectivity index (χ4n) is 2.35. The second-order valence-corrected chi connectivity index (χ2v) is 4.30. The number of aliphatic hydroxyl groups excluding tert-OH is 1. The molecule has 1 aromatic carbocycles. The van der Waals surface area contributed by atoms with E-state index in [1.54, 1.807) is 18.2 Å². The Kier molecular flexibility index (Phi) is 2.85. The zero-order valence-corrected chi connectivity index (χ0v) is 9.86. The predicted octanol–water partition coefficient (Wildman–Crippen LogP) is 1.28. The minimum Gasteiger partial charge on any atom is -0.390 e. The van der Waals surface area contributed by atoms with Crippen LogP contribution in [-0.4, -0.2) is 21.2 Å². The number of aromatic nitrogens is 2. The summed E-state index contributed by atoms with van der Waals surface area (Å²) < 4.78 is 15.8. The predicted molar refractivity (Wildman–Crippen MR) is 65.3 cm³/mol. The number of fused-ring (bicyclic) bond motifs is 1. The summed E-state index contributed by atoms with van der Waals surface area (Å²) in [6, 6.07) is 6.60. The van der Waals surface area contributed by atoms with Gasteiger partial charge in [-0.25, -0.2) is 9.37 Å². The Balaban J connectivity index is 2.18. The van der Waals surface area contributed by atoms with Crippen molar-refractivity contribution < 1.29 is 9.50 Å². The average molecular weight is 247 g/mol. The lowest BCUT2D eigenvalue weighted by Crippen LogP contribution is -2.28. The van der Waals surface area contributed by atoms with Crippen LogP contribution in [0.4, 0.5) is 4.39 Å². The van der Waals surface area contributed by atoms with Gasteiger partial charge >= 0.3 is 0 Å². The summed E-state index contributed by atoms with van der Waals surface area (Å²) in [5.41, 5.74) is 2.06. The number of aliphatic hydroxyl groups is 1. The first-order valence-corrected chi connectivity index (χ1v) is 5.96. The fraction of sp³-hybridized carbons (Fsp3) is 0.308. The standard InChI is InChI=1S/C13H14FN3O/c14-10-4-2-1-3-9(10)13-16-11(8-18)12-7-15-5-6-17(12)13/h1-4,15,18H,5-8H2. The Morgan fingerprint density at radius 1 is 1.39 bits per heavy atom. The number of nitrogens with zero attached hydrogens (tertiary/aromatic N) is 2. The normalized spacial score (nSPS) is 14.6. The van der Waals surface area contributed by atoms with Crippen molar-refractivity contribution in [3.63, 3.8) is 0 Å². The van der Waals surface area contributed by atoms with E-state index < -0.39 is 0 Å². The molecule has 0 amide bonds. The van der Waals surface area contributed by atoms with E-state index in [1.165, 1.54) is 6.07 Å². The molecule has 0 bridgehead atoms. The maximum atomic E-state index is 13.8. The molecule has 2 heterocycles. The largest absolute Gasteiger partial charge is 0.390 e. The van der Waals surface area contributed by atoms with Gasteiger partial charge in [0.1, 0.15) is 11.6 Å². The van der Waals surface area contributed by atoms with Gasteiger partial charge in [-0.3, -0.25) is 0 Å². The van der Waals surface area contributed by atoms with Crippen molar-refractivity contribution >= 4 is 0 Å². The van der Waals surface area contributed by atoms with Crippen LogP contribution in [0.15, 0.2) is 24.3 Å². The molecule has 0 radical (unpaired) electrons. The Bertz CT molecular complexity index is 580. The second kappa shape index (κ2) is 4.51. The van der Waals surface area contributed by atoms with Crippen molar-refractivity contribution in [3.05, 3.63) is 41.5 Å². The Morgan fingerprint density at radius 2 is 2.22 bits per heavy atom. The molecule has 2 N–H and O–H groups in total. The van der Waals surface area contributed by atoms with Crippen molar-refractivity contribution in [1.29, 1.82) is 0 Å². The van der Waals surface area contributed by atoms with Gasteiger partial charge in [-0.05, 0) is 12.1 Å². The summed E-state index contributed by atoms with van der Waals surface area (Å²) in [5.74, 6) is 0.321. The molecule has 3 rings (SSSR count). The van der Waals surface area contributed by atoms with Crippen molar-refractivity contribution in [1.82, 2.24) is 14.9 Å². The second-order valence-electron chi connectivity index (χ2n) is 4.30. The zero-order valence-electron chi connectivity index (χ0n) is 9.86. The van der Waals surface area contributed by atoms with Crippen LogP contribution in [0.2, 0.25) is 0 Å². The third-order valence-corrected chi connectivity index (χ3v) is 3.22. The number of benzene rings is 1. The van der Waals surface area contributed by atoms with Crippen molar-refractivity contribution in [2.75, 3.05) is 6.54 Å². The van der Waals surface area contributed by atoms with Crippen LogP contribution in [0.5, 0.6) is 0 Å². The molecule has 0 atom stereocenters. The van der Waals surface area contributed by atoms with E-state index in [0.717, 1.165) is 18.8 Å². The number of imidazole rings is 1. The lowest BCUT2D eigenvalue weighted by atomic mass is 10.2. The minimum absolute atomic E-state index is 0.120. The smallest absolute Gasteiger partial charge is 0.143 e. The Morgan fingerprint density at radius 3 is 3.00 bits per heavy atom. The van der Waals surface area contributed by atoms with Crippen LogP contribution in [0.3, 0.4) is 0 Å². The summed E-state index contributed by atoms with van der Waals surface area (Å²) in [6.45, 7) is 2.12. The van der Waals surface area contributed by atoms with E-state index in [2.05, 4.69) is 10.3 Å². The maximum absolute atomic E-state index is 13.8. The lowest BCUT2D eigenvalue weighted by molar-refractivity contribution is 0.275. The van der Waals surface area contributed by atoms with Crippen LogP contribution < -0.4 is 5.32 Å². The molecule has 0 fully saturated rings. The molecule has 0 spiro atoms. The molecule has 0 aliphatic carbocycles. The zero-order chi connectivity index (χ0) is 12.5. The van der Waals surface area contributed by atoms with E-state index in [0.29, 0.717) is 23.6 Å². The summed E-state index contributed by atoms with van der Waals surface area (Å²) >= 11 is 0. The monoisotopic (exact) mass is 247 g/mol. The van der Waals surface area contributed by atoms with Crippen molar-refractivity contribution in [2.24, 2.45) is 0 Å². The van der Waals surface area contributed by atoms with E-state index >= 15 is 0 Å². The molecule has 0 saturated carbocycles. The van der Waals surface area contributed by atoms with Crippen LogP contribution in [-0.2, 0) is 19.7 Å². The molecule has 4 nitrogen and oxygen atoms in total. The van der Waals surface area contributed by atoms with Gasteiger partial charge < -0.3 is 15.0 Å². The van der Waals surface area contributed by atoms with Crippen molar-refractivity contribution in [3.8, 4) is 11.4 Å². The molecule has 0 saturated heterocycles. The highest BCUT2D eigenvalue weighted by Gasteiger charge is 2.21. The van der Waals surface area contributed by atoms with E-state index in [9.17, 15) is 9.50 Å². The molecule has 94 valence electrons. The quantitative estimate of drug-likeness (QED) is 0.840. The molecule has 2 aromatic rings. The maximum Gasteiger partial charge on any atom is 0.143 e. The Labute approximate surface area is 104 Å². The van der Waals surface area contributed by atoms with E-state index in [4.69, 9.17) is 0 Å². The molecular weight excluding hydrogens is 233 g/mol. The number of nitrogens with one attached hydrogen (secondary N) is 1. The first-order valence-electron chi connectivity index (χ1n) is 5.96. The van der Waals surface area contributed by atoms with E-state index in [-0.39, 0.29) is 12.4 Å². The molecule has 0 unspecified atom stereocenters. The summed E-state index contributed by atoms with van der Waals surface area (Å²) in [6.07, 6.45) is 0. The first-order chi connectivity index (χ1) is 8.81. The molecule has 5 heteroatoms. The van der Waals surface area contributed by atoms with Gasteiger partial charge in [0.15, 0.2) is 0 Å². The topological polar surface area (TPSA) is 50.1 Å². The van der Waals surface area contributed by atoms with Crippen LogP contribution in [0, 0.1) is 5.82 Å². The number of hydrogen-bond acceptors (Lipinski definition) is 3. The van der Waals surface area contributed by atoms with E-state index in [1.807, 2.05) is 4.57 Å². The van der Waals surface area contributed by atoms with Gasteiger partial charge in [0.25, 0.3) is 0 Å². The Hall–Kier alpha value is -1.72. The highest BCUT2D eigenvalue weighted by atomic mass is 19.1. The minimum atomic E-state index is -0.284. The van der Waals surface area contributed by atoms with Crippen LogP contribution in [0.1, 0.15) is 11.4 Å². The van der Waals surface area contributed by atoms with Crippen molar-refractivity contribution in [2.45, 2.75) is 19.7 Å². The fourth-order valence-corrected chi connectivity index (χ4v) is 2.35. The molecule has 1 aliphatic rings. The SMILES string of the molecule is OCc1nc(-c2ccccc2F)n2c1CNCC2. The third kappa shape index (κ3) is 1.72. The highest BCUT2D eigenvalue weighted by molar-refractivity contribution is 5.58. The molecule has 1 aliphatic heterocycles. The van der Waals surface area contributed by atoms with Gasteiger partial charge in [-0.2, -0.15) is 0 Å². The summed E-state index contributed by atoms with van der Waals surface area (Å²) in [5, 5.41) is 12.6. The van der Waals surface area contributed by atoms with Gasteiger partial charge in [-0.15, -0.1) is 0 Å². The number of rotatable bonds is 2.